The van der Waals surface area contributed by atoms with Gasteiger partial charge in [-0.25, -0.2) is 9.78 Å². The van der Waals surface area contributed by atoms with Gasteiger partial charge in [-0.2, -0.15) is 0 Å². The predicted octanol–water partition coefficient (Wildman–Crippen LogP) is 4.72. The fourth-order valence-electron chi connectivity index (χ4n) is 4.05. The average Bonchev–Trinajstić information content (AvgIpc) is 3.28. The highest BCUT2D eigenvalue weighted by atomic mass is 35.5. The summed E-state index contributed by atoms with van der Waals surface area (Å²) in [6, 6.07) is 10.7. The first-order chi connectivity index (χ1) is 14.5. The molecule has 2 aliphatic rings. The van der Waals surface area contributed by atoms with Crippen LogP contribution < -0.4 is 15.5 Å². The fraction of sp³-hybridized carbons (Fsp3) is 0.409. The number of carbonyl (C=O) groups excluding carboxylic acids is 2. The van der Waals surface area contributed by atoms with E-state index in [-0.39, 0.29) is 36.4 Å². The first-order valence-electron chi connectivity index (χ1n) is 10.3. The molecular weight excluding hydrogens is 437 g/mol. The lowest BCUT2D eigenvalue weighted by molar-refractivity contribution is -0.117. The van der Waals surface area contributed by atoms with Crippen molar-refractivity contribution >= 4 is 53.1 Å². The maximum Gasteiger partial charge on any atom is 0.329 e. The SMILES string of the molecule is CN[C@@H](C)C(=O)Nc1ccc2c(n1)CN(C1CCCC1)C(=O)N2c1ccc(Cl)cc1.Cl. The number of anilines is 3. The van der Waals surface area contributed by atoms with Crippen LogP contribution in [0.15, 0.2) is 36.4 Å². The molecule has 166 valence electrons. The summed E-state index contributed by atoms with van der Waals surface area (Å²) in [5.74, 6) is 0.330. The maximum absolute atomic E-state index is 13.5. The molecule has 2 N–H and O–H groups in total. The molecule has 3 amide bonds. The highest BCUT2D eigenvalue weighted by Gasteiger charge is 2.37. The highest BCUT2D eigenvalue weighted by molar-refractivity contribution is 6.30. The number of amides is 3. The fourth-order valence-corrected chi connectivity index (χ4v) is 4.18. The number of carbonyl (C=O) groups is 2. The molecule has 1 atom stereocenters. The van der Waals surface area contributed by atoms with Gasteiger partial charge in [0.05, 0.1) is 29.7 Å². The minimum Gasteiger partial charge on any atom is -0.315 e. The molecule has 0 bridgehead atoms. The number of hydrogen-bond donors (Lipinski definition) is 2. The van der Waals surface area contributed by atoms with E-state index < -0.39 is 0 Å². The third-order valence-corrected chi connectivity index (χ3v) is 6.13. The van der Waals surface area contributed by atoms with Crippen molar-refractivity contribution in [3.63, 3.8) is 0 Å². The van der Waals surface area contributed by atoms with Crippen molar-refractivity contribution in [3.8, 4) is 0 Å². The number of urea groups is 1. The molecule has 0 spiro atoms. The smallest absolute Gasteiger partial charge is 0.315 e. The van der Waals surface area contributed by atoms with Gasteiger partial charge in [-0.15, -0.1) is 12.4 Å². The summed E-state index contributed by atoms with van der Waals surface area (Å²) >= 11 is 6.05. The Labute approximate surface area is 193 Å². The summed E-state index contributed by atoms with van der Waals surface area (Å²) in [6.45, 7) is 2.23. The third kappa shape index (κ3) is 4.79. The van der Waals surface area contributed by atoms with E-state index >= 15 is 0 Å². The summed E-state index contributed by atoms with van der Waals surface area (Å²) in [4.78, 5) is 34.0. The minimum absolute atomic E-state index is 0. The average molecular weight is 464 g/mol. The normalized spacial score (nSPS) is 17.2. The molecular formula is C22H27Cl2N5O2. The van der Waals surface area contributed by atoms with E-state index in [9.17, 15) is 9.59 Å². The number of benzene rings is 1. The number of halogens is 2. The van der Waals surface area contributed by atoms with Crippen molar-refractivity contribution in [2.24, 2.45) is 0 Å². The summed E-state index contributed by atoms with van der Waals surface area (Å²) in [5.41, 5.74) is 2.25. The van der Waals surface area contributed by atoms with Crippen LogP contribution in [0.25, 0.3) is 0 Å². The molecule has 1 aromatic heterocycles. The second-order valence-electron chi connectivity index (χ2n) is 7.82. The van der Waals surface area contributed by atoms with Crippen LogP contribution in [-0.2, 0) is 11.3 Å². The van der Waals surface area contributed by atoms with Crippen LogP contribution >= 0.6 is 24.0 Å². The standard InChI is InChI=1S/C22H26ClN5O2.ClH/c1-14(24-2)21(29)26-20-12-11-19-18(25-20)13-27(16-5-3-4-6-16)22(30)28(19)17-9-7-15(23)8-10-17;/h7-12,14,16,24H,3-6,13H2,1-2H3,(H,25,26,29);1H/t14-;/m0./s1. The van der Waals surface area contributed by atoms with Crippen LogP contribution in [-0.4, -0.2) is 41.0 Å². The van der Waals surface area contributed by atoms with Crippen molar-refractivity contribution in [1.29, 1.82) is 0 Å². The van der Waals surface area contributed by atoms with Crippen molar-refractivity contribution in [3.05, 3.63) is 47.1 Å². The molecule has 1 aromatic carbocycles. The second kappa shape index (κ2) is 9.85. The molecule has 2 heterocycles. The largest absolute Gasteiger partial charge is 0.329 e. The molecule has 1 saturated carbocycles. The number of nitrogens with zero attached hydrogens (tertiary/aromatic N) is 3. The van der Waals surface area contributed by atoms with Gasteiger partial charge in [0, 0.05) is 11.1 Å². The first-order valence-corrected chi connectivity index (χ1v) is 10.7. The molecule has 1 aliphatic heterocycles. The molecule has 31 heavy (non-hydrogen) atoms. The molecule has 1 fully saturated rings. The highest BCUT2D eigenvalue weighted by Crippen LogP contribution is 2.38. The van der Waals surface area contributed by atoms with Gasteiger partial charge in [0.2, 0.25) is 5.91 Å². The lowest BCUT2D eigenvalue weighted by atomic mass is 10.1. The van der Waals surface area contributed by atoms with Crippen LogP contribution in [0.4, 0.5) is 22.0 Å². The molecule has 0 radical (unpaired) electrons. The molecule has 7 nitrogen and oxygen atoms in total. The summed E-state index contributed by atoms with van der Waals surface area (Å²) in [7, 11) is 1.74. The Kier molecular flexibility index (Phi) is 7.41. The number of aromatic nitrogens is 1. The van der Waals surface area contributed by atoms with Gasteiger partial charge in [-0.1, -0.05) is 24.4 Å². The lowest BCUT2D eigenvalue weighted by Crippen LogP contribution is -2.49. The van der Waals surface area contributed by atoms with Crippen molar-refractivity contribution < 1.29 is 9.59 Å². The Balaban J connectivity index is 0.00000272. The van der Waals surface area contributed by atoms with E-state index in [2.05, 4.69) is 10.6 Å². The summed E-state index contributed by atoms with van der Waals surface area (Å²) in [5, 5.41) is 6.38. The quantitative estimate of drug-likeness (QED) is 0.672. The van der Waals surface area contributed by atoms with Gasteiger partial charge >= 0.3 is 6.03 Å². The summed E-state index contributed by atoms with van der Waals surface area (Å²) < 4.78 is 0. The van der Waals surface area contributed by atoms with Crippen LogP contribution in [0.5, 0.6) is 0 Å². The molecule has 0 saturated heterocycles. The molecule has 1 aliphatic carbocycles. The minimum atomic E-state index is -0.329. The Morgan fingerprint density at radius 3 is 2.48 bits per heavy atom. The van der Waals surface area contributed by atoms with Crippen LogP contribution in [0, 0.1) is 0 Å². The van der Waals surface area contributed by atoms with Crippen LogP contribution in [0.1, 0.15) is 38.3 Å². The van der Waals surface area contributed by atoms with E-state index in [1.807, 2.05) is 23.1 Å². The molecule has 4 rings (SSSR count). The second-order valence-corrected chi connectivity index (χ2v) is 8.26. The van der Waals surface area contributed by atoms with Gasteiger partial charge in [0.1, 0.15) is 5.82 Å². The first kappa shape index (κ1) is 23.3. The zero-order valence-electron chi connectivity index (χ0n) is 17.6. The zero-order valence-corrected chi connectivity index (χ0v) is 19.2. The molecule has 2 aromatic rings. The Hall–Kier alpha value is -2.35. The number of nitrogens with one attached hydrogen (secondary N) is 2. The zero-order chi connectivity index (χ0) is 21.3. The van der Waals surface area contributed by atoms with E-state index in [4.69, 9.17) is 16.6 Å². The van der Waals surface area contributed by atoms with Crippen molar-refractivity contribution in [1.82, 2.24) is 15.2 Å². The Morgan fingerprint density at radius 1 is 1.16 bits per heavy atom. The number of fused-ring (bicyclic) bond motifs is 1. The Bertz CT molecular complexity index is 947. The lowest BCUT2D eigenvalue weighted by Gasteiger charge is -2.39. The van der Waals surface area contributed by atoms with Gasteiger partial charge in [-0.3, -0.25) is 9.69 Å². The molecule has 9 heteroatoms. The summed E-state index contributed by atoms with van der Waals surface area (Å²) in [6.07, 6.45) is 4.28. The van der Waals surface area contributed by atoms with Gasteiger partial charge in [-0.05, 0) is 63.2 Å². The van der Waals surface area contributed by atoms with Gasteiger partial charge < -0.3 is 15.5 Å². The topological polar surface area (TPSA) is 77.6 Å². The number of pyridine rings is 1. The predicted molar refractivity (Wildman–Crippen MR) is 125 cm³/mol. The van der Waals surface area contributed by atoms with E-state index in [1.165, 1.54) is 0 Å². The van der Waals surface area contributed by atoms with Crippen LogP contribution in [0.3, 0.4) is 0 Å². The maximum atomic E-state index is 13.5. The molecule has 0 unspecified atom stereocenters. The number of hydrogen-bond acceptors (Lipinski definition) is 4. The van der Waals surface area contributed by atoms with Crippen LogP contribution in [0.2, 0.25) is 5.02 Å². The monoisotopic (exact) mass is 463 g/mol. The number of rotatable bonds is 5. The van der Waals surface area contributed by atoms with Gasteiger partial charge in [0.15, 0.2) is 0 Å². The Morgan fingerprint density at radius 2 is 1.84 bits per heavy atom. The van der Waals surface area contributed by atoms with E-state index in [0.29, 0.717) is 17.4 Å². The van der Waals surface area contributed by atoms with Crippen molar-refractivity contribution in [2.75, 3.05) is 17.3 Å². The van der Waals surface area contributed by atoms with E-state index in [0.717, 1.165) is 42.8 Å². The van der Waals surface area contributed by atoms with Crippen molar-refractivity contribution in [2.45, 2.75) is 51.2 Å². The third-order valence-electron chi connectivity index (χ3n) is 5.88. The van der Waals surface area contributed by atoms with E-state index in [1.54, 1.807) is 37.1 Å². The van der Waals surface area contributed by atoms with Gasteiger partial charge in [0.25, 0.3) is 0 Å². The number of likely N-dealkylation sites (N-methyl/N-ethyl adjacent to an activating group) is 1.